The van der Waals surface area contributed by atoms with E-state index in [1.807, 2.05) is 29.2 Å². The van der Waals surface area contributed by atoms with Crippen molar-refractivity contribution in [2.75, 3.05) is 10.6 Å². The third-order valence-electron chi connectivity index (χ3n) is 3.48. The predicted molar refractivity (Wildman–Crippen MR) is 73.8 cm³/mol. The highest BCUT2D eigenvalue weighted by atomic mass is 19.3. The van der Waals surface area contributed by atoms with Gasteiger partial charge in [0.1, 0.15) is 0 Å². The van der Waals surface area contributed by atoms with E-state index in [-0.39, 0.29) is 5.69 Å². The zero-order valence-electron chi connectivity index (χ0n) is 11.0. The number of nitrogens with zero attached hydrogens (tertiary/aromatic N) is 1. The molecule has 21 heavy (non-hydrogen) atoms. The molecule has 0 radical (unpaired) electrons. The number of halogens is 3. The van der Waals surface area contributed by atoms with Crippen LogP contribution in [0.25, 0.3) is 0 Å². The SMILES string of the molecule is Nc1cc(F)c(OC(F)F)cc1N1Cc2ccccc2C1. The number of benzene rings is 2. The minimum atomic E-state index is -3.08. The van der Waals surface area contributed by atoms with Gasteiger partial charge in [-0.05, 0) is 11.1 Å². The van der Waals surface area contributed by atoms with E-state index in [0.717, 1.165) is 17.2 Å². The Morgan fingerprint density at radius 3 is 2.29 bits per heavy atom. The van der Waals surface area contributed by atoms with Gasteiger partial charge in [0.15, 0.2) is 11.6 Å². The fourth-order valence-electron chi connectivity index (χ4n) is 2.52. The smallest absolute Gasteiger partial charge is 0.387 e. The van der Waals surface area contributed by atoms with Crippen molar-refractivity contribution in [2.45, 2.75) is 19.7 Å². The Morgan fingerprint density at radius 2 is 1.71 bits per heavy atom. The van der Waals surface area contributed by atoms with Gasteiger partial charge in [-0.15, -0.1) is 0 Å². The molecule has 0 atom stereocenters. The number of fused-ring (bicyclic) bond motifs is 1. The van der Waals surface area contributed by atoms with Crippen molar-refractivity contribution in [3.05, 3.63) is 53.3 Å². The van der Waals surface area contributed by atoms with Crippen molar-refractivity contribution in [2.24, 2.45) is 0 Å². The second kappa shape index (κ2) is 5.20. The van der Waals surface area contributed by atoms with Gasteiger partial charge in [-0.3, -0.25) is 0 Å². The van der Waals surface area contributed by atoms with Crippen molar-refractivity contribution in [3.63, 3.8) is 0 Å². The lowest BCUT2D eigenvalue weighted by Crippen LogP contribution is -2.17. The topological polar surface area (TPSA) is 38.5 Å². The molecule has 2 N–H and O–H groups in total. The Bertz CT molecular complexity index is 651. The highest BCUT2D eigenvalue weighted by molar-refractivity contribution is 5.71. The third kappa shape index (κ3) is 2.61. The summed E-state index contributed by atoms with van der Waals surface area (Å²) in [6.45, 7) is -1.88. The van der Waals surface area contributed by atoms with Gasteiger partial charge < -0.3 is 15.4 Å². The highest BCUT2D eigenvalue weighted by Gasteiger charge is 2.22. The fraction of sp³-hybridized carbons (Fsp3) is 0.200. The molecular formula is C15H13F3N2O. The largest absolute Gasteiger partial charge is 0.432 e. The summed E-state index contributed by atoms with van der Waals surface area (Å²) in [6.07, 6.45) is 0. The average molecular weight is 294 g/mol. The normalized spacial score (nSPS) is 13.6. The Labute approximate surface area is 119 Å². The molecule has 6 heteroatoms. The van der Waals surface area contributed by atoms with Crippen molar-refractivity contribution < 1.29 is 17.9 Å². The molecule has 1 aliphatic heterocycles. The zero-order chi connectivity index (χ0) is 15.0. The Hall–Kier alpha value is -2.37. The lowest BCUT2D eigenvalue weighted by molar-refractivity contribution is -0.0521. The average Bonchev–Trinajstić information content (AvgIpc) is 2.84. The molecule has 0 saturated carbocycles. The highest BCUT2D eigenvalue weighted by Crippen LogP contribution is 2.36. The molecule has 110 valence electrons. The number of rotatable bonds is 3. The second-order valence-electron chi connectivity index (χ2n) is 4.84. The van der Waals surface area contributed by atoms with Gasteiger partial charge in [-0.25, -0.2) is 4.39 Å². The number of hydrogen-bond acceptors (Lipinski definition) is 3. The fourth-order valence-corrected chi connectivity index (χ4v) is 2.52. The molecular weight excluding hydrogens is 281 g/mol. The van der Waals surface area contributed by atoms with E-state index in [9.17, 15) is 13.2 Å². The van der Waals surface area contributed by atoms with Crippen LogP contribution in [0, 0.1) is 5.82 Å². The van der Waals surface area contributed by atoms with Crippen molar-refractivity contribution in [1.29, 1.82) is 0 Å². The van der Waals surface area contributed by atoms with Gasteiger partial charge in [0, 0.05) is 25.2 Å². The van der Waals surface area contributed by atoms with Crippen LogP contribution in [0.5, 0.6) is 5.75 Å². The van der Waals surface area contributed by atoms with Gasteiger partial charge >= 0.3 is 6.61 Å². The number of nitrogens with two attached hydrogens (primary N) is 1. The number of ether oxygens (including phenoxy) is 1. The maximum Gasteiger partial charge on any atom is 0.387 e. The van der Waals surface area contributed by atoms with Gasteiger partial charge in [0.2, 0.25) is 0 Å². The Balaban J connectivity index is 1.93. The molecule has 3 rings (SSSR count). The van der Waals surface area contributed by atoms with Crippen LogP contribution in [0.4, 0.5) is 24.5 Å². The minimum Gasteiger partial charge on any atom is -0.432 e. The molecule has 0 aromatic heterocycles. The van der Waals surface area contributed by atoms with Crippen LogP contribution in [0.1, 0.15) is 11.1 Å². The van der Waals surface area contributed by atoms with Crippen molar-refractivity contribution >= 4 is 11.4 Å². The van der Waals surface area contributed by atoms with Gasteiger partial charge in [0.05, 0.1) is 11.4 Å². The molecule has 2 aromatic rings. The zero-order valence-corrected chi connectivity index (χ0v) is 11.0. The first-order valence-electron chi connectivity index (χ1n) is 6.40. The van der Waals surface area contributed by atoms with E-state index in [4.69, 9.17) is 5.73 Å². The molecule has 1 heterocycles. The molecule has 0 bridgehead atoms. The van der Waals surface area contributed by atoms with Crippen LogP contribution in [0.2, 0.25) is 0 Å². The minimum absolute atomic E-state index is 0.196. The Morgan fingerprint density at radius 1 is 1.10 bits per heavy atom. The van der Waals surface area contributed by atoms with E-state index in [2.05, 4.69) is 4.74 Å². The number of alkyl halides is 2. The summed E-state index contributed by atoms with van der Waals surface area (Å²) in [5.74, 6) is -1.39. The molecule has 2 aromatic carbocycles. The van der Waals surface area contributed by atoms with Crippen LogP contribution in [-0.4, -0.2) is 6.61 Å². The first kappa shape index (κ1) is 13.6. The predicted octanol–water partition coefficient (Wildman–Crippen LogP) is 3.53. The maximum absolute atomic E-state index is 13.6. The summed E-state index contributed by atoms with van der Waals surface area (Å²) in [5.41, 5.74) is 8.77. The molecule has 0 saturated heterocycles. The van der Waals surface area contributed by atoms with Crippen LogP contribution in [0.15, 0.2) is 36.4 Å². The molecule has 0 fully saturated rings. The monoisotopic (exact) mass is 294 g/mol. The summed E-state index contributed by atoms with van der Waals surface area (Å²) in [6, 6.07) is 10.1. The molecule has 0 unspecified atom stereocenters. The summed E-state index contributed by atoms with van der Waals surface area (Å²) >= 11 is 0. The molecule has 1 aliphatic rings. The van der Waals surface area contributed by atoms with Crippen LogP contribution >= 0.6 is 0 Å². The summed E-state index contributed by atoms with van der Waals surface area (Å²) in [4.78, 5) is 1.90. The van der Waals surface area contributed by atoms with E-state index < -0.39 is 18.2 Å². The third-order valence-corrected chi connectivity index (χ3v) is 3.48. The van der Waals surface area contributed by atoms with Crippen LogP contribution < -0.4 is 15.4 Å². The number of nitrogen functional groups attached to an aromatic ring is 1. The standard InChI is InChI=1S/C15H13F3N2O/c16-11-5-12(19)13(6-14(11)21-15(17)18)20-7-9-3-1-2-4-10(9)8-20/h1-6,15H,7-8,19H2. The first-order valence-corrected chi connectivity index (χ1v) is 6.40. The summed E-state index contributed by atoms with van der Waals surface area (Å²) in [7, 11) is 0. The number of hydrogen-bond donors (Lipinski definition) is 1. The second-order valence-corrected chi connectivity index (χ2v) is 4.84. The maximum atomic E-state index is 13.6. The van der Waals surface area contributed by atoms with Crippen molar-refractivity contribution in [3.8, 4) is 5.75 Å². The molecule has 0 aliphatic carbocycles. The summed E-state index contributed by atoms with van der Waals surface area (Å²) in [5, 5.41) is 0. The van der Waals surface area contributed by atoms with Gasteiger partial charge in [-0.2, -0.15) is 8.78 Å². The molecule has 0 spiro atoms. The first-order chi connectivity index (χ1) is 10.0. The molecule has 0 amide bonds. The summed E-state index contributed by atoms with van der Waals surface area (Å²) < 4.78 is 42.4. The molecule has 3 nitrogen and oxygen atoms in total. The van der Waals surface area contributed by atoms with E-state index in [0.29, 0.717) is 18.8 Å². The van der Waals surface area contributed by atoms with Crippen molar-refractivity contribution in [1.82, 2.24) is 0 Å². The van der Waals surface area contributed by atoms with E-state index >= 15 is 0 Å². The van der Waals surface area contributed by atoms with Crippen LogP contribution in [0.3, 0.4) is 0 Å². The lowest BCUT2D eigenvalue weighted by atomic mass is 10.1. The number of anilines is 2. The Kier molecular flexibility index (Phi) is 3.37. The van der Waals surface area contributed by atoms with E-state index in [1.54, 1.807) is 0 Å². The lowest BCUT2D eigenvalue weighted by Gasteiger charge is -2.21. The van der Waals surface area contributed by atoms with E-state index in [1.165, 1.54) is 6.07 Å². The van der Waals surface area contributed by atoms with Gasteiger partial charge in [-0.1, -0.05) is 24.3 Å². The van der Waals surface area contributed by atoms with Gasteiger partial charge in [0.25, 0.3) is 0 Å². The quantitative estimate of drug-likeness (QED) is 0.880. The van der Waals surface area contributed by atoms with Crippen LogP contribution in [-0.2, 0) is 13.1 Å².